The predicted octanol–water partition coefficient (Wildman–Crippen LogP) is 8.18. The number of H-pyrrole nitrogens is 1. The van der Waals surface area contributed by atoms with Gasteiger partial charge in [0.2, 0.25) is 5.88 Å². The summed E-state index contributed by atoms with van der Waals surface area (Å²) in [6.45, 7) is 10.6. The number of benzene rings is 3. The Bertz CT molecular complexity index is 3030. The molecular weight excluding hydrogens is 925 g/mol. The average Bonchev–Trinajstić information content (AvgIpc) is 4.09. The third-order valence-electron chi connectivity index (χ3n) is 16.8. The van der Waals surface area contributed by atoms with E-state index in [0.717, 1.165) is 49.6 Å². The lowest BCUT2D eigenvalue weighted by atomic mass is 9.60. The summed E-state index contributed by atoms with van der Waals surface area (Å²) in [5.41, 5.74) is 4.71. The summed E-state index contributed by atoms with van der Waals surface area (Å²) in [5.74, 6) is -0.0442. The number of hydrogen-bond donors (Lipinski definition) is 4. The quantitative estimate of drug-likeness (QED) is 0.0770. The van der Waals surface area contributed by atoms with Gasteiger partial charge in [0.15, 0.2) is 11.4 Å². The van der Waals surface area contributed by atoms with Crippen LogP contribution < -0.4 is 29.3 Å². The molecule has 4 atom stereocenters. The van der Waals surface area contributed by atoms with Crippen LogP contribution in [0.15, 0.2) is 77.8 Å². The number of nitrogens with zero attached hydrogens (tertiary/aromatic N) is 5. The van der Waals surface area contributed by atoms with Crippen molar-refractivity contribution in [3.05, 3.63) is 99.7 Å². The first-order valence-electron chi connectivity index (χ1n) is 25.4. The number of nitrogens with one attached hydrogen (secondary N) is 3. The molecule has 2 saturated carbocycles. The van der Waals surface area contributed by atoms with Crippen molar-refractivity contribution >= 4 is 55.4 Å². The molecule has 3 saturated heterocycles. The third-order valence-corrected chi connectivity index (χ3v) is 18.1. The highest BCUT2D eigenvalue weighted by Crippen LogP contribution is 2.55. The number of nitro groups is 1. The van der Waals surface area contributed by atoms with E-state index in [2.05, 4.69) is 62.9 Å². The molecule has 2 aliphatic carbocycles. The van der Waals surface area contributed by atoms with Gasteiger partial charge in [-0.1, -0.05) is 38.1 Å². The smallest absolute Gasteiger partial charge is 0.297 e. The number of aromatic amines is 1. The Hall–Kier alpha value is -5.95. The van der Waals surface area contributed by atoms with Crippen LogP contribution in [-0.2, 0) is 14.8 Å². The molecule has 1 amide bonds. The standard InChI is InChI=1S/C53H62N8O9S/c1-31(2)38-7-4-5-8-39(38)42-9-6-18-59(42)36-23-53(24-36)29-58(30-53)35-10-11-40(43(20-35)60-25-34-26-68-28-47(34)70-51-45(60)19-33-14-17-54-49(33)56-51)50(62)57-71(66,67)37-21-44(61(64)65)48-46(22-37)69-27-41(55-48)32-12-15-52(3,63)16-13-32/h4-5,7-8,10-11,14,17,19-22,31-32,34,36,41-42,47,55,63H,6,9,12-13,15-16,18,23-30H2,1-3H3,(H,54,56)(H,57,62)/t32?,34-,41-,42+,47+,52?/m1/s1. The van der Waals surface area contributed by atoms with Gasteiger partial charge in [-0.2, -0.15) is 4.98 Å². The molecule has 3 aromatic carbocycles. The highest BCUT2D eigenvalue weighted by atomic mass is 32.2. The maximum atomic E-state index is 14.7. The van der Waals surface area contributed by atoms with Crippen LogP contribution in [0.2, 0.25) is 0 Å². The Labute approximate surface area is 413 Å². The minimum Gasteiger partial charge on any atom is -0.489 e. The van der Waals surface area contributed by atoms with Crippen molar-refractivity contribution < 1.29 is 37.5 Å². The fourth-order valence-corrected chi connectivity index (χ4v) is 13.9. The van der Waals surface area contributed by atoms with Crippen LogP contribution in [0, 0.1) is 27.4 Å². The number of aliphatic hydroxyl groups is 1. The summed E-state index contributed by atoms with van der Waals surface area (Å²) in [4.78, 5) is 41.3. The second kappa shape index (κ2) is 17.4. The average molecular weight is 987 g/mol. The Morgan fingerprint density at radius 1 is 0.986 bits per heavy atom. The summed E-state index contributed by atoms with van der Waals surface area (Å²) in [6, 6.07) is 21.3. The Balaban J connectivity index is 0.835. The first-order valence-corrected chi connectivity index (χ1v) is 26.8. The molecule has 2 aromatic heterocycles. The first-order chi connectivity index (χ1) is 34.1. The van der Waals surface area contributed by atoms with Crippen molar-refractivity contribution in [3.8, 4) is 11.6 Å². The van der Waals surface area contributed by atoms with E-state index in [9.17, 15) is 28.4 Å². The number of anilines is 4. The van der Waals surface area contributed by atoms with Crippen molar-refractivity contribution in [2.45, 2.75) is 113 Å². The molecule has 1 spiro atoms. The van der Waals surface area contributed by atoms with Gasteiger partial charge in [-0.15, -0.1) is 0 Å². The summed E-state index contributed by atoms with van der Waals surface area (Å²) < 4.78 is 49.5. The van der Waals surface area contributed by atoms with E-state index in [0.29, 0.717) is 86.3 Å². The van der Waals surface area contributed by atoms with Crippen LogP contribution >= 0.6 is 0 Å². The zero-order chi connectivity index (χ0) is 49.0. The number of amides is 1. The van der Waals surface area contributed by atoms with E-state index in [1.165, 1.54) is 30.0 Å². The lowest BCUT2D eigenvalue weighted by molar-refractivity contribution is -0.384. The van der Waals surface area contributed by atoms with Gasteiger partial charge in [0.25, 0.3) is 21.6 Å². The summed E-state index contributed by atoms with van der Waals surface area (Å²) in [7, 11) is -4.70. The second-order valence-corrected chi connectivity index (χ2v) is 23.7. The van der Waals surface area contributed by atoms with E-state index in [4.69, 9.17) is 19.2 Å². The van der Waals surface area contributed by atoms with E-state index in [-0.39, 0.29) is 53.0 Å². The van der Waals surface area contributed by atoms with Crippen LogP contribution in [0.3, 0.4) is 0 Å². The van der Waals surface area contributed by atoms with Gasteiger partial charge in [-0.05, 0) is 118 Å². The minimum atomic E-state index is -4.70. The number of hydrogen-bond acceptors (Lipinski definition) is 14. The van der Waals surface area contributed by atoms with E-state index in [1.54, 1.807) is 12.3 Å². The SMILES string of the molecule is CC(C)c1ccccc1[C@@H]1CCCN1C1CC2(C1)CN(c1ccc(C(=O)NS(=O)(=O)c3cc4c(c([N+](=O)[O-])c3)N[C@@H](C3CCC(C)(O)CC3)CO4)c(N3C[C@@H]4COC[C@@H]4Oc4nc5[nH]ccc5cc43)c1)C2. The number of aromatic nitrogens is 2. The molecule has 0 unspecified atom stereocenters. The molecule has 71 heavy (non-hydrogen) atoms. The monoisotopic (exact) mass is 986 g/mol. The van der Waals surface area contributed by atoms with Gasteiger partial charge < -0.3 is 39.4 Å². The predicted molar refractivity (Wildman–Crippen MR) is 268 cm³/mol. The van der Waals surface area contributed by atoms with Crippen LogP contribution in [0.25, 0.3) is 11.0 Å². The maximum absolute atomic E-state index is 14.7. The number of rotatable bonds is 10. The molecule has 7 aliphatic rings. The first kappa shape index (κ1) is 46.1. The van der Waals surface area contributed by atoms with Gasteiger partial charge in [0.1, 0.15) is 24.0 Å². The number of likely N-dealkylation sites (tertiary alicyclic amines) is 1. The number of carbonyl (C=O) groups is 1. The summed E-state index contributed by atoms with van der Waals surface area (Å²) >= 11 is 0. The third kappa shape index (κ3) is 8.33. The van der Waals surface area contributed by atoms with Gasteiger partial charge in [0, 0.05) is 72.5 Å². The molecule has 374 valence electrons. The summed E-state index contributed by atoms with van der Waals surface area (Å²) in [6.07, 6.45) is 8.77. The normalized spacial score (nSPS) is 27.1. The molecule has 5 aliphatic heterocycles. The van der Waals surface area contributed by atoms with E-state index < -0.39 is 37.0 Å². The molecule has 0 radical (unpaired) electrons. The van der Waals surface area contributed by atoms with Gasteiger partial charge in [-0.25, -0.2) is 13.1 Å². The number of ether oxygens (including phenoxy) is 3. The topological polar surface area (TPSA) is 205 Å². The van der Waals surface area contributed by atoms with E-state index >= 15 is 0 Å². The molecule has 17 nitrogen and oxygen atoms in total. The molecule has 7 heterocycles. The molecular formula is C53H62N8O9S. The number of fused-ring (bicyclic) bond motifs is 4. The maximum Gasteiger partial charge on any atom is 0.297 e. The number of nitro benzene ring substituents is 1. The van der Waals surface area contributed by atoms with Crippen LogP contribution in [0.4, 0.5) is 28.4 Å². The second-order valence-electron chi connectivity index (χ2n) is 22.0. The van der Waals surface area contributed by atoms with Crippen LogP contribution in [0.1, 0.15) is 106 Å². The highest BCUT2D eigenvalue weighted by molar-refractivity contribution is 7.90. The molecule has 0 bridgehead atoms. The summed E-state index contributed by atoms with van der Waals surface area (Å²) in [5, 5.41) is 27.2. The van der Waals surface area contributed by atoms with Crippen LogP contribution in [0.5, 0.6) is 11.6 Å². The van der Waals surface area contributed by atoms with Crippen molar-refractivity contribution in [2.24, 2.45) is 17.3 Å². The molecule has 12 rings (SSSR count). The molecule has 5 fully saturated rings. The molecule has 18 heteroatoms. The van der Waals surface area contributed by atoms with E-state index in [1.807, 2.05) is 36.1 Å². The zero-order valence-electron chi connectivity index (χ0n) is 40.4. The number of sulfonamides is 1. The van der Waals surface area contributed by atoms with Crippen molar-refractivity contribution in [2.75, 3.05) is 61.1 Å². The Morgan fingerprint density at radius 3 is 2.58 bits per heavy atom. The molecule has 4 N–H and O–H groups in total. The van der Waals surface area contributed by atoms with Crippen molar-refractivity contribution in [1.82, 2.24) is 19.6 Å². The van der Waals surface area contributed by atoms with Gasteiger partial charge in [0.05, 0.1) is 45.9 Å². The Morgan fingerprint density at radius 2 is 1.79 bits per heavy atom. The van der Waals surface area contributed by atoms with Gasteiger partial charge >= 0.3 is 0 Å². The molecule has 5 aromatic rings. The van der Waals surface area contributed by atoms with Crippen LogP contribution in [-0.4, -0.2) is 109 Å². The fourth-order valence-electron chi connectivity index (χ4n) is 12.9. The Kier molecular flexibility index (Phi) is 11.3. The highest BCUT2D eigenvalue weighted by Gasteiger charge is 2.55. The lowest BCUT2D eigenvalue weighted by Gasteiger charge is -2.62. The lowest BCUT2D eigenvalue weighted by Crippen LogP contribution is -2.66. The fraction of sp³-hybridized carbons (Fsp3) is 0.509. The largest absolute Gasteiger partial charge is 0.489 e. The van der Waals surface area contributed by atoms with Crippen molar-refractivity contribution in [3.63, 3.8) is 0 Å². The van der Waals surface area contributed by atoms with Gasteiger partial charge in [-0.3, -0.25) is 19.8 Å². The zero-order valence-corrected chi connectivity index (χ0v) is 41.3. The number of carbonyl (C=O) groups excluding carboxylic acids is 1. The van der Waals surface area contributed by atoms with Crippen molar-refractivity contribution in [1.29, 1.82) is 0 Å². The minimum absolute atomic E-state index is 0.0102. The number of pyridine rings is 1.